The van der Waals surface area contributed by atoms with E-state index < -0.39 is 0 Å². The zero-order valence-electron chi connectivity index (χ0n) is 11.8. The molecule has 19 heavy (non-hydrogen) atoms. The Hall–Kier alpha value is -1.22. The summed E-state index contributed by atoms with van der Waals surface area (Å²) in [5.41, 5.74) is 2.63. The monoisotopic (exact) mass is 260 g/mol. The number of anilines is 2. The average Bonchev–Trinajstić information content (AvgIpc) is 2.86. The Morgan fingerprint density at radius 3 is 2.68 bits per heavy atom. The van der Waals surface area contributed by atoms with Crippen LogP contribution in [-0.4, -0.2) is 32.3 Å². The lowest BCUT2D eigenvalue weighted by atomic mass is 10.1. The van der Waals surface area contributed by atoms with E-state index in [2.05, 4.69) is 41.4 Å². The number of nitrogens with zero attached hydrogens (tertiary/aromatic N) is 1. The first kappa shape index (κ1) is 12.8. The molecule has 104 valence electrons. The lowest BCUT2D eigenvalue weighted by molar-refractivity contribution is 0.123. The lowest BCUT2D eigenvalue weighted by Gasteiger charge is -2.32. The first-order valence-corrected chi connectivity index (χ1v) is 7.53. The van der Waals surface area contributed by atoms with Crippen LogP contribution in [0.15, 0.2) is 24.3 Å². The molecule has 2 atom stereocenters. The summed E-state index contributed by atoms with van der Waals surface area (Å²) in [6, 6.07) is 9.35. The van der Waals surface area contributed by atoms with Gasteiger partial charge in [-0.1, -0.05) is 25.5 Å². The molecule has 2 unspecified atom stereocenters. The summed E-state index contributed by atoms with van der Waals surface area (Å²) in [5, 5.41) is 3.77. The molecule has 1 aromatic carbocycles. The number of morpholine rings is 1. The molecule has 1 aliphatic heterocycles. The minimum absolute atomic E-state index is 0.641. The van der Waals surface area contributed by atoms with Crippen molar-refractivity contribution in [1.29, 1.82) is 0 Å². The van der Waals surface area contributed by atoms with Crippen LogP contribution in [-0.2, 0) is 4.74 Å². The number of para-hydroxylation sites is 2. The molecule has 1 saturated carbocycles. The fourth-order valence-electron chi connectivity index (χ4n) is 3.24. The summed E-state index contributed by atoms with van der Waals surface area (Å²) in [6.45, 7) is 6.04. The molecule has 0 bridgehead atoms. The van der Waals surface area contributed by atoms with Gasteiger partial charge in [0.25, 0.3) is 0 Å². The maximum atomic E-state index is 5.45. The molecule has 1 aromatic rings. The van der Waals surface area contributed by atoms with E-state index in [0.29, 0.717) is 6.04 Å². The minimum atomic E-state index is 0.641. The quantitative estimate of drug-likeness (QED) is 0.903. The van der Waals surface area contributed by atoms with Crippen molar-refractivity contribution in [2.75, 3.05) is 36.5 Å². The van der Waals surface area contributed by atoms with Gasteiger partial charge in [0.15, 0.2) is 0 Å². The Morgan fingerprint density at radius 1 is 1.16 bits per heavy atom. The van der Waals surface area contributed by atoms with Crippen LogP contribution >= 0.6 is 0 Å². The van der Waals surface area contributed by atoms with Crippen LogP contribution in [0.5, 0.6) is 0 Å². The lowest BCUT2D eigenvalue weighted by Crippen LogP contribution is -2.37. The molecule has 0 radical (unpaired) electrons. The van der Waals surface area contributed by atoms with E-state index in [9.17, 15) is 0 Å². The predicted molar refractivity (Wildman–Crippen MR) is 79.9 cm³/mol. The van der Waals surface area contributed by atoms with E-state index in [4.69, 9.17) is 4.74 Å². The second-order valence-corrected chi connectivity index (χ2v) is 5.78. The van der Waals surface area contributed by atoms with Gasteiger partial charge in [-0.15, -0.1) is 0 Å². The highest BCUT2D eigenvalue weighted by Gasteiger charge is 2.24. The van der Waals surface area contributed by atoms with Crippen molar-refractivity contribution >= 4 is 11.4 Å². The topological polar surface area (TPSA) is 24.5 Å². The maximum Gasteiger partial charge on any atom is 0.0642 e. The average molecular weight is 260 g/mol. The number of hydrogen-bond donors (Lipinski definition) is 1. The Kier molecular flexibility index (Phi) is 3.92. The molecule has 0 aromatic heterocycles. The smallest absolute Gasteiger partial charge is 0.0642 e. The van der Waals surface area contributed by atoms with Gasteiger partial charge in [-0.25, -0.2) is 0 Å². The summed E-state index contributed by atoms with van der Waals surface area (Å²) in [4.78, 5) is 2.44. The van der Waals surface area contributed by atoms with Crippen molar-refractivity contribution in [3.05, 3.63) is 24.3 Å². The van der Waals surface area contributed by atoms with Gasteiger partial charge < -0.3 is 15.0 Å². The molecule has 1 heterocycles. The van der Waals surface area contributed by atoms with Crippen molar-refractivity contribution in [2.24, 2.45) is 5.92 Å². The maximum absolute atomic E-state index is 5.45. The van der Waals surface area contributed by atoms with E-state index in [1.807, 2.05) is 0 Å². The van der Waals surface area contributed by atoms with E-state index in [-0.39, 0.29) is 0 Å². The molecule has 1 aliphatic carbocycles. The summed E-state index contributed by atoms with van der Waals surface area (Å²) in [6.07, 6.45) is 4.02. The van der Waals surface area contributed by atoms with Gasteiger partial charge >= 0.3 is 0 Å². The van der Waals surface area contributed by atoms with Crippen LogP contribution < -0.4 is 10.2 Å². The standard InChI is InChI=1S/C16H24N2O/c1-13-5-4-7-14(13)17-15-6-2-3-8-16(15)18-9-11-19-12-10-18/h2-3,6,8,13-14,17H,4-5,7,9-12H2,1H3. The fourth-order valence-corrected chi connectivity index (χ4v) is 3.24. The van der Waals surface area contributed by atoms with Crippen molar-refractivity contribution in [3.63, 3.8) is 0 Å². The zero-order chi connectivity index (χ0) is 13.1. The third-order valence-corrected chi connectivity index (χ3v) is 4.46. The minimum Gasteiger partial charge on any atom is -0.380 e. The van der Waals surface area contributed by atoms with Crippen LogP contribution in [0.1, 0.15) is 26.2 Å². The number of ether oxygens (including phenoxy) is 1. The summed E-state index contributed by atoms with van der Waals surface area (Å²) in [5.74, 6) is 0.790. The van der Waals surface area contributed by atoms with Crippen molar-refractivity contribution in [2.45, 2.75) is 32.2 Å². The number of benzene rings is 1. The molecule has 0 amide bonds. The van der Waals surface area contributed by atoms with E-state index >= 15 is 0 Å². The molecule has 0 spiro atoms. The van der Waals surface area contributed by atoms with Crippen LogP contribution in [0.25, 0.3) is 0 Å². The Morgan fingerprint density at radius 2 is 1.95 bits per heavy atom. The summed E-state index contributed by atoms with van der Waals surface area (Å²) in [7, 11) is 0. The highest BCUT2D eigenvalue weighted by molar-refractivity contribution is 5.70. The van der Waals surface area contributed by atoms with Crippen LogP contribution in [0.4, 0.5) is 11.4 Å². The highest BCUT2D eigenvalue weighted by Crippen LogP contribution is 2.32. The fraction of sp³-hybridized carbons (Fsp3) is 0.625. The van der Waals surface area contributed by atoms with Gasteiger partial charge in [0.2, 0.25) is 0 Å². The molecule has 1 saturated heterocycles. The van der Waals surface area contributed by atoms with Crippen molar-refractivity contribution < 1.29 is 4.74 Å². The molecular weight excluding hydrogens is 236 g/mol. The van der Waals surface area contributed by atoms with Gasteiger partial charge in [-0.05, 0) is 30.9 Å². The number of hydrogen-bond acceptors (Lipinski definition) is 3. The Bertz CT molecular complexity index is 415. The second kappa shape index (κ2) is 5.83. The second-order valence-electron chi connectivity index (χ2n) is 5.78. The first-order valence-electron chi connectivity index (χ1n) is 7.53. The molecule has 2 fully saturated rings. The van der Waals surface area contributed by atoms with Crippen molar-refractivity contribution in [1.82, 2.24) is 0 Å². The Balaban J connectivity index is 1.76. The SMILES string of the molecule is CC1CCCC1Nc1ccccc1N1CCOCC1. The van der Waals surface area contributed by atoms with Gasteiger partial charge in [-0.3, -0.25) is 0 Å². The van der Waals surface area contributed by atoms with E-state index in [1.165, 1.54) is 30.6 Å². The predicted octanol–water partition coefficient (Wildman–Crippen LogP) is 3.12. The highest BCUT2D eigenvalue weighted by atomic mass is 16.5. The molecule has 3 rings (SSSR count). The van der Waals surface area contributed by atoms with E-state index in [0.717, 1.165) is 32.2 Å². The van der Waals surface area contributed by atoms with Gasteiger partial charge in [0.1, 0.15) is 0 Å². The van der Waals surface area contributed by atoms with Crippen molar-refractivity contribution in [3.8, 4) is 0 Å². The molecule has 2 aliphatic rings. The van der Waals surface area contributed by atoms with Crippen LogP contribution in [0.2, 0.25) is 0 Å². The summed E-state index contributed by atoms with van der Waals surface area (Å²) >= 11 is 0. The third-order valence-electron chi connectivity index (χ3n) is 4.46. The van der Waals surface area contributed by atoms with Gasteiger partial charge in [-0.2, -0.15) is 0 Å². The van der Waals surface area contributed by atoms with Gasteiger partial charge in [0.05, 0.1) is 24.6 Å². The number of rotatable bonds is 3. The molecule has 1 N–H and O–H groups in total. The normalized spacial score (nSPS) is 27.5. The van der Waals surface area contributed by atoms with Crippen LogP contribution in [0.3, 0.4) is 0 Å². The molecular formula is C16H24N2O. The van der Waals surface area contributed by atoms with E-state index in [1.54, 1.807) is 0 Å². The molecule has 3 nitrogen and oxygen atoms in total. The van der Waals surface area contributed by atoms with Crippen LogP contribution in [0, 0.1) is 5.92 Å². The first-order chi connectivity index (χ1) is 9.34. The zero-order valence-corrected chi connectivity index (χ0v) is 11.8. The number of nitrogens with one attached hydrogen (secondary N) is 1. The largest absolute Gasteiger partial charge is 0.380 e. The third kappa shape index (κ3) is 2.86. The Labute approximate surface area is 115 Å². The van der Waals surface area contributed by atoms with Gasteiger partial charge in [0, 0.05) is 19.1 Å². The molecule has 3 heteroatoms. The summed E-state index contributed by atoms with van der Waals surface area (Å²) < 4.78 is 5.45.